The van der Waals surface area contributed by atoms with Crippen LogP contribution in [0.3, 0.4) is 0 Å². The first kappa shape index (κ1) is 29.5. The molecular weight excluding hydrogens is 570 g/mol. The number of imidazole rings is 1. The Labute approximate surface area is 244 Å². The zero-order valence-electron chi connectivity index (χ0n) is 23.5. The summed E-state index contributed by atoms with van der Waals surface area (Å²) in [5.74, 6) is -2.55. The maximum absolute atomic E-state index is 15.2. The van der Waals surface area contributed by atoms with Gasteiger partial charge < -0.3 is 29.9 Å². The number of halogens is 2. The maximum Gasteiger partial charge on any atom is 0.414 e. The fraction of sp³-hybridized carbons (Fsp3) is 0.407. The third-order valence-corrected chi connectivity index (χ3v) is 7.11. The Morgan fingerprint density at radius 1 is 1.12 bits per heavy atom. The molecule has 4 heterocycles. The van der Waals surface area contributed by atoms with E-state index in [0.29, 0.717) is 17.0 Å². The van der Waals surface area contributed by atoms with E-state index in [-0.39, 0.29) is 69.7 Å². The predicted molar refractivity (Wildman–Crippen MR) is 148 cm³/mol. The number of carbonyl (C=O) groups excluding carboxylic acids is 4. The van der Waals surface area contributed by atoms with Gasteiger partial charge in [-0.05, 0) is 13.8 Å². The fourth-order valence-corrected chi connectivity index (χ4v) is 5.06. The molecule has 0 radical (unpaired) electrons. The summed E-state index contributed by atoms with van der Waals surface area (Å²) in [6, 6.07) is 2.10. The van der Waals surface area contributed by atoms with E-state index in [1.165, 1.54) is 22.2 Å². The van der Waals surface area contributed by atoms with Crippen LogP contribution in [0.4, 0.5) is 29.7 Å². The Morgan fingerprint density at radius 2 is 1.84 bits per heavy atom. The number of aryl methyl sites for hydroxylation is 1. The Hall–Kier alpha value is -5.02. The second kappa shape index (κ2) is 12.5. The average Bonchev–Trinajstić information content (AvgIpc) is 3.53. The van der Waals surface area contributed by atoms with E-state index in [9.17, 15) is 19.2 Å². The molecule has 16 heteroatoms. The molecule has 0 bridgehead atoms. The number of anilines is 2. The molecular formula is C27H30F2N8O6. The Bertz CT molecular complexity index is 1530. The molecule has 2 aromatic heterocycles. The lowest BCUT2D eigenvalue weighted by molar-refractivity contribution is -0.130. The van der Waals surface area contributed by atoms with Gasteiger partial charge in [-0.1, -0.05) is 0 Å². The summed E-state index contributed by atoms with van der Waals surface area (Å²) in [5.41, 5.74) is 1.01. The number of hydrogen-bond donors (Lipinski definition) is 2. The third-order valence-electron chi connectivity index (χ3n) is 7.11. The number of cyclic esters (lactones) is 1. The molecule has 2 aliphatic heterocycles. The average molecular weight is 601 g/mol. The summed E-state index contributed by atoms with van der Waals surface area (Å²) in [7, 11) is 0. The number of fused-ring (bicyclic) bond motifs is 1. The lowest BCUT2D eigenvalue weighted by atomic mass is 10.2. The summed E-state index contributed by atoms with van der Waals surface area (Å²) in [6.45, 7) is 3.90. The highest BCUT2D eigenvalue weighted by atomic mass is 19.1. The number of hydrogen-bond acceptors (Lipinski definition) is 9. The molecule has 3 aromatic rings. The lowest BCUT2D eigenvalue weighted by Gasteiger charge is -2.36. The summed E-state index contributed by atoms with van der Waals surface area (Å²) >= 11 is 0. The van der Waals surface area contributed by atoms with Crippen LogP contribution in [0.2, 0.25) is 0 Å². The summed E-state index contributed by atoms with van der Waals surface area (Å²) in [6.07, 6.45) is 2.47. The summed E-state index contributed by atoms with van der Waals surface area (Å²) < 4.78 is 41.9. The van der Waals surface area contributed by atoms with Gasteiger partial charge in [-0.25, -0.2) is 23.4 Å². The SMILES string of the molecule is CCOC(=O)NC[C@H]1CN(c2cc(F)c(N3CCN(C(=O)CNC(=O)c4c(C)nc5cnccn45)CC3)c(F)c2)C(=O)O1. The molecule has 0 spiro atoms. The van der Waals surface area contributed by atoms with E-state index in [1.54, 1.807) is 24.4 Å². The molecule has 1 aromatic carbocycles. The highest BCUT2D eigenvalue weighted by Crippen LogP contribution is 2.31. The van der Waals surface area contributed by atoms with Crippen LogP contribution >= 0.6 is 0 Å². The van der Waals surface area contributed by atoms with E-state index in [4.69, 9.17) is 9.47 Å². The lowest BCUT2D eigenvalue weighted by Crippen LogP contribution is -2.51. The number of rotatable bonds is 8. The van der Waals surface area contributed by atoms with Gasteiger partial charge in [0.15, 0.2) is 17.3 Å². The van der Waals surface area contributed by atoms with E-state index in [1.807, 2.05) is 0 Å². The smallest absolute Gasteiger partial charge is 0.414 e. The van der Waals surface area contributed by atoms with Crippen molar-refractivity contribution in [2.45, 2.75) is 20.0 Å². The van der Waals surface area contributed by atoms with Crippen molar-refractivity contribution in [1.82, 2.24) is 29.9 Å². The minimum atomic E-state index is -0.874. The van der Waals surface area contributed by atoms with Crippen LogP contribution in [0.1, 0.15) is 23.1 Å². The number of alkyl carbamates (subject to hydrolysis) is 1. The van der Waals surface area contributed by atoms with Crippen molar-refractivity contribution >= 4 is 41.0 Å². The van der Waals surface area contributed by atoms with Crippen LogP contribution in [-0.2, 0) is 14.3 Å². The molecule has 1 atom stereocenters. The Morgan fingerprint density at radius 3 is 2.53 bits per heavy atom. The second-order valence-corrected chi connectivity index (χ2v) is 9.88. The number of nitrogens with zero attached hydrogens (tertiary/aromatic N) is 6. The Kier molecular flexibility index (Phi) is 8.54. The Balaban J connectivity index is 1.15. The van der Waals surface area contributed by atoms with E-state index in [0.717, 1.165) is 17.0 Å². The standard InChI is InChI=1S/C27H30F2N8O6/c1-3-42-26(40)32-12-18-15-37(27(41)43-18)17-10-19(28)24(20(29)11-17)35-8-6-34(7-9-35)22(38)14-31-25(39)23-16(2)33-21-13-30-4-5-36(21)23/h4-5,10-11,13,18H,3,6-9,12,14-15H2,1-2H3,(H,31,39)(H,32,40)/t18-/m0/s1. The molecule has 2 aliphatic rings. The van der Waals surface area contributed by atoms with Gasteiger partial charge in [0.05, 0.1) is 43.8 Å². The van der Waals surface area contributed by atoms with Crippen molar-refractivity contribution in [3.8, 4) is 0 Å². The molecule has 5 rings (SSSR count). The van der Waals surface area contributed by atoms with Crippen LogP contribution < -0.4 is 20.4 Å². The fourth-order valence-electron chi connectivity index (χ4n) is 5.06. The van der Waals surface area contributed by atoms with Crippen LogP contribution in [-0.4, -0.2) is 102 Å². The first-order valence-electron chi connectivity index (χ1n) is 13.6. The van der Waals surface area contributed by atoms with Gasteiger partial charge in [-0.3, -0.25) is 23.9 Å². The normalized spacial score (nSPS) is 16.8. The molecule has 14 nitrogen and oxygen atoms in total. The molecule has 4 amide bonds. The zero-order chi connectivity index (χ0) is 30.7. The molecule has 228 valence electrons. The summed E-state index contributed by atoms with van der Waals surface area (Å²) in [4.78, 5) is 61.8. The van der Waals surface area contributed by atoms with Gasteiger partial charge in [0.25, 0.3) is 5.91 Å². The number of amides is 4. The number of carbonyl (C=O) groups is 4. The topological polar surface area (TPSA) is 151 Å². The monoisotopic (exact) mass is 600 g/mol. The van der Waals surface area contributed by atoms with Crippen molar-refractivity contribution in [2.75, 3.05) is 62.2 Å². The van der Waals surface area contributed by atoms with Crippen molar-refractivity contribution in [2.24, 2.45) is 0 Å². The minimum absolute atomic E-state index is 0.0190. The van der Waals surface area contributed by atoms with E-state index < -0.39 is 35.8 Å². The van der Waals surface area contributed by atoms with Crippen LogP contribution in [0.5, 0.6) is 0 Å². The number of piperazine rings is 1. The van der Waals surface area contributed by atoms with Crippen molar-refractivity contribution in [3.05, 3.63) is 53.7 Å². The number of ether oxygens (including phenoxy) is 2. The second-order valence-electron chi connectivity index (χ2n) is 9.88. The molecule has 0 saturated carbocycles. The number of aromatic nitrogens is 3. The highest BCUT2D eigenvalue weighted by Gasteiger charge is 2.34. The quantitative estimate of drug-likeness (QED) is 0.392. The largest absolute Gasteiger partial charge is 0.450 e. The van der Waals surface area contributed by atoms with E-state index in [2.05, 4.69) is 20.6 Å². The molecule has 0 unspecified atom stereocenters. The molecule has 2 saturated heterocycles. The summed E-state index contributed by atoms with van der Waals surface area (Å²) in [5, 5.41) is 5.08. The van der Waals surface area contributed by atoms with Crippen molar-refractivity contribution in [1.29, 1.82) is 0 Å². The van der Waals surface area contributed by atoms with Gasteiger partial charge in [0, 0.05) is 50.7 Å². The van der Waals surface area contributed by atoms with Gasteiger partial charge in [-0.15, -0.1) is 0 Å². The van der Waals surface area contributed by atoms with Gasteiger partial charge in [-0.2, -0.15) is 0 Å². The van der Waals surface area contributed by atoms with Gasteiger partial charge >= 0.3 is 12.2 Å². The van der Waals surface area contributed by atoms with Crippen LogP contribution in [0.15, 0.2) is 30.7 Å². The van der Waals surface area contributed by atoms with Gasteiger partial charge in [0.2, 0.25) is 5.91 Å². The first-order chi connectivity index (χ1) is 20.7. The first-order valence-corrected chi connectivity index (χ1v) is 13.6. The van der Waals surface area contributed by atoms with Crippen molar-refractivity contribution < 1.29 is 37.4 Å². The molecule has 2 N–H and O–H groups in total. The predicted octanol–water partition coefficient (Wildman–Crippen LogP) is 1.47. The molecule has 43 heavy (non-hydrogen) atoms. The highest BCUT2D eigenvalue weighted by molar-refractivity contribution is 5.97. The molecule has 0 aliphatic carbocycles. The van der Waals surface area contributed by atoms with Crippen molar-refractivity contribution in [3.63, 3.8) is 0 Å². The van der Waals surface area contributed by atoms with Crippen LogP contribution in [0.25, 0.3) is 5.65 Å². The zero-order valence-corrected chi connectivity index (χ0v) is 23.5. The van der Waals surface area contributed by atoms with Gasteiger partial charge in [0.1, 0.15) is 17.5 Å². The number of benzene rings is 1. The minimum Gasteiger partial charge on any atom is -0.450 e. The maximum atomic E-state index is 15.2. The van der Waals surface area contributed by atoms with Crippen LogP contribution in [0, 0.1) is 18.6 Å². The molecule has 2 fully saturated rings. The van der Waals surface area contributed by atoms with E-state index >= 15 is 8.78 Å². The number of nitrogens with one attached hydrogen (secondary N) is 2. The third kappa shape index (κ3) is 6.27.